The first kappa shape index (κ1) is 14.7. The van der Waals surface area contributed by atoms with E-state index in [1.807, 2.05) is 43.3 Å². The average molecular weight is 283 g/mol. The van der Waals surface area contributed by atoms with Crippen LogP contribution in [-0.2, 0) is 4.79 Å². The Bertz CT molecular complexity index is 629. The molecule has 0 bridgehead atoms. The molecule has 0 saturated carbocycles. The van der Waals surface area contributed by atoms with Crippen LogP contribution in [0.3, 0.4) is 0 Å². The topological polar surface area (TPSA) is 104 Å². The Morgan fingerprint density at radius 1 is 1.48 bits per heavy atom. The summed E-state index contributed by atoms with van der Waals surface area (Å²) >= 11 is 0. The van der Waals surface area contributed by atoms with Crippen molar-refractivity contribution in [2.24, 2.45) is 27.7 Å². The van der Waals surface area contributed by atoms with Crippen LogP contribution in [0, 0.1) is 23.2 Å². The highest BCUT2D eigenvalue weighted by atomic mass is 16.2. The van der Waals surface area contributed by atoms with Gasteiger partial charge in [0, 0.05) is 5.92 Å². The van der Waals surface area contributed by atoms with Gasteiger partial charge in [0.15, 0.2) is 5.84 Å². The van der Waals surface area contributed by atoms with Crippen LogP contribution in [0.1, 0.15) is 25.3 Å². The summed E-state index contributed by atoms with van der Waals surface area (Å²) in [7, 11) is 0. The van der Waals surface area contributed by atoms with Crippen LogP contribution in [0.5, 0.6) is 0 Å². The highest BCUT2D eigenvalue weighted by molar-refractivity contribution is 6.03. The van der Waals surface area contributed by atoms with Gasteiger partial charge in [0.25, 0.3) is 0 Å². The summed E-state index contributed by atoms with van der Waals surface area (Å²) in [6.07, 6.45) is 0. The van der Waals surface area contributed by atoms with Crippen molar-refractivity contribution in [3.63, 3.8) is 0 Å². The minimum absolute atomic E-state index is 0.167. The fourth-order valence-corrected chi connectivity index (χ4v) is 2.18. The number of amidine groups is 2. The first-order valence-electron chi connectivity index (χ1n) is 6.70. The van der Waals surface area contributed by atoms with E-state index in [2.05, 4.69) is 15.5 Å². The average Bonchev–Trinajstić information content (AvgIpc) is 2.50. The van der Waals surface area contributed by atoms with Gasteiger partial charge in [-0.05, 0) is 12.5 Å². The van der Waals surface area contributed by atoms with Gasteiger partial charge >= 0.3 is 0 Å². The number of benzene rings is 1. The largest absolute Gasteiger partial charge is 0.386 e. The number of nitrogens with one attached hydrogen (secondary N) is 1. The molecule has 0 fully saturated rings. The van der Waals surface area contributed by atoms with Crippen LogP contribution in [0.25, 0.3) is 0 Å². The van der Waals surface area contributed by atoms with Gasteiger partial charge in [0.2, 0.25) is 5.91 Å². The minimum atomic E-state index is -0.493. The Morgan fingerprint density at radius 2 is 2.14 bits per heavy atom. The fourth-order valence-electron chi connectivity index (χ4n) is 2.18. The number of hydrogen-bond acceptors (Lipinski definition) is 4. The zero-order chi connectivity index (χ0) is 15.4. The maximum absolute atomic E-state index is 12.1. The fraction of sp³-hybridized carbons (Fsp3) is 0.333. The molecule has 3 atom stereocenters. The van der Waals surface area contributed by atoms with Crippen molar-refractivity contribution in [1.82, 2.24) is 5.43 Å². The number of rotatable bonds is 2. The summed E-state index contributed by atoms with van der Waals surface area (Å²) in [5.41, 5.74) is 9.15. The smallest absolute Gasteiger partial charge is 0.248 e. The molecule has 2 rings (SSSR count). The molecule has 3 N–H and O–H groups in total. The number of amides is 1. The molecule has 0 spiro atoms. The monoisotopic (exact) mass is 283 g/mol. The summed E-state index contributed by atoms with van der Waals surface area (Å²) in [4.78, 5) is 16.3. The second-order valence-corrected chi connectivity index (χ2v) is 5.01. The summed E-state index contributed by atoms with van der Waals surface area (Å²) in [6, 6.07) is 11.5. The summed E-state index contributed by atoms with van der Waals surface area (Å²) < 4.78 is 0. The molecule has 1 amide bonds. The Labute approximate surface area is 123 Å². The Kier molecular flexibility index (Phi) is 4.33. The van der Waals surface area contributed by atoms with E-state index in [1.54, 1.807) is 6.92 Å². The van der Waals surface area contributed by atoms with Gasteiger partial charge in [-0.3, -0.25) is 4.79 Å². The van der Waals surface area contributed by atoms with Crippen molar-refractivity contribution >= 4 is 17.6 Å². The lowest BCUT2D eigenvalue weighted by Gasteiger charge is -2.26. The van der Waals surface area contributed by atoms with Crippen molar-refractivity contribution in [1.29, 1.82) is 5.26 Å². The Hall–Kier alpha value is -2.68. The molecule has 6 heteroatoms. The van der Waals surface area contributed by atoms with Gasteiger partial charge < -0.3 is 5.73 Å². The van der Waals surface area contributed by atoms with E-state index in [1.165, 1.54) is 0 Å². The first-order valence-corrected chi connectivity index (χ1v) is 6.70. The maximum atomic E-state index is 12.1. The second-order valence-electron chi connectivity index (χ2n) is 5.01. The Morgan fingerprint density at radius 3 is 2.76 bits per heavy atom. The van der Waals surface area contributed by atoms with Crippen molar-refractivity contribution in [3.8, 4) is 6.07 Å². The number of nitrogens with two attached hydrogens (primary N) is 1. The van der Waals surface area contributed by atoms with Crippen LogP contribution in [0.15, 0.2) is 40.4 Å². The van der Waals surface area contributed by atoms with Gasteiger partial charge in [-0.15, -0.1) is 0 Å². The molecule has 1 aromatic carbocycles. The normalized spacial score (nSPS) is 23.8. The molecule has 21 heavy (non-hydrogen) atoms. The lowest BCUT2D eigenvalue weighted by molar-refractivity contribution is -0.123. The number of nitriles is 1. The van der Waals surface area contributed by atoms with E-state index in [0.29, 0.717) is 5.84 Å². The third kappa shape index (κ3) is 3.08. The van der Waals surface area contributed by atoms with E-state index >= 15 is 0 Å². The van der Waals surface area contributed by atoms with Gasteiger partial charge in [0.1, 0.15) is 11.8 Å². The zero-order valence-electron chi connectivity index (χ0n) is 11.9. The minimum Gasteiger partial charge on any atom is -0.386 e. The highest BCUT2D eigenvalue weighted by Gasteiger charge is 2.34. The summed E-state index contributed by atoms with van der Waals surface area (Å²) in [5.74, 6) is -0.611. The second kappa shape index (κ2) is 6.18. The lowest BCUT2D eigenvalue weighted by Crippen LogP contribution is -2.39. The van der Waals surface area contributed by atoms with Crippen LogP contribution < -0.4 is 11.2 Å². The molecule has 0 aromatic heterocycles. The van der Waals surface area contributed by atoms with Gasteiger partial charge in [-0.1, -0.05) is 37.3 Å². The molecule has 108 valence electrons. The Balaban J connectivity index is 2.31. The molecule has 1 heterocycles. The molecule has 6 nitrogen and oxygen atoms in total. The molecular formula is C15H17N5O. The standard InChI is InChI=1S/C15H17N5O/c1-9(8-16)13(17)18-14-10(2)12(15(21)20-19-14)11-6-4-3-5-7-11/h3-7,9-10,12H,1-2H3,(H,20,21)(H2,17,18,19). The molecular weight excluding hydrogens is 266 g/mol. The number of carbonyl (C=O) groups is 1. The van der Waals surface area contributed by atoms with Crippen LogP contribution in [-0.4, -0.2) is 17.6 Å². The quantitative estimate of drug-likeness (QED) is 0.632. The summed E-state index contributed by atoms with van der Waals surface area (Å²) in [5, 5.41) is 12.8. The molecule has 0 saturated heterocycles. The lowest BCUT2D eigenvalue weighted by atomic mass is 9.85. The predicted molar refractivity (Wildman–Crippen MR) is 80.3 cm³/mol. The number of hydrogen-bond donors (Lipinski definition) is 2. The number of nitrogens with zero attached hydrogens (tertiary/aromatic N) is 3. The van der Waals surface area contributed by atoms with Crippen molar-refractivity contribution in [3.05, 3.63) is 35.9 Å². The molecule has 0 aliphatic carbocycles. The number of aliphatic imine (C=N–C) groups is 1. The SMILES string of the molecule is CC(C#N)C(N)=NC1=NNC(=O)C(c2ccccc2)C1C. The molecule has 0 radical (unpaired) electrons. The van der Waals surface area contributed by atoms with E-state index in [-0.39, 0.29) is 23.6 Å². The van der Waals surface area contributed by atoms with E-state index < -0.39 is 5.92 Å². The highest BCUT2D eigenvalue weighted by Crippen LogP contribution is 2.28. The van der Waals surface area contributed by atoms with Crippen molar-refractivity contribution in [2.45, 2.75) is 19.8 Å². The molecule has 3 unspecified atom stereocenters. The predicted octanol–water partition coefficient (Wildman–Crippen LogP) is 1.37. The third-order valence-corrected chi connectivity index (χ3v) is 3.51. The third-order valence-electron chi connectivity index (χ3n) is 3.51. The maximum Gasteiger partial charge on any atom is 0.248 e. The van der Waals surface area contributed by atoms with Crippen molar-refractivity contribution < 1.29 is 4.79 Å². The van der Waals surface area contributed by atoms with Gasteiger partial charge in [0.05, 0.1) is 12.0 Å². The molecule has 1 aromatic rings. The van der Waals surface area contributed by atoms with Crippen LogP contribution in [0.4, 0.5) is 0 Å². The van der Waals surface area contributed by atoms with Crippen LogP contribution >= 0.6 is 0 Å². The van der Waals surface area contributed by atoms with Gasteiger partial charge in [-0.2, -0.15) is 10.4 Å². The first-order chi connectivity index (χ1) is 10.0. The van der Waals surface area contributed by atoms with E-state index in [4.69, 9.17) is 11.0 Å². The van der Waals surface area contributed by atoms with Crippen molar-refractivity contribution in [2.75, 3.05) is 0 Å². The molecule has 1 aliphatic heterocycles. The van der Waals surface area contributed by atoms with Crippen LogP contribution in [0.2, 0.25) is 0 Å². The van der Waals surface area contributed by atoms with E-state index in [9.17, 15) is 4.79 Å². The van der Waals surface area contributed by atoms with E-state index in [0.717, 1.165) is 5.56 Å². The number of carbonyl (C=O) groups excluding carboxylic acids is 1. The number of hydrazone groups is 1. The zero-order valence-corrected chi connectivity index (χ0v) is 11.9. The van der Waals surface area contributed by atoms with Gasteiger partial charge in [-0.25, -0.2) is 10.4 Å². The summed E-state index contributed by atoms with van der Waals surface area (Å²) in [6.45, 7) is 3.54. The molecule has 1 aliphatic rings.